The van der Waals surface area contributed by atoms with Crippen molar-refractivity contribution in [1.82, 2.24) is 15.0 Å². The van der Waals surface area contributed by atoms with Gasteiger partial charge in [-0.3, -0.25) is 4.79 Å². The smallest absolute Gasteiger partial charge is 0.252 e. The number of nitrogens with zero attached hydrogens (tertiary/aromatic N) is 3. The van der Waals surface area contributed by atoms with E-state index < -0.39 is 0 Å². The van der Waals surface area contributed by atoms with Gasteiger partial charge >= 0.3 is 0 Å². The number of nitrogens with two attached hydrogens (primary N) is 1. The van der Waals surface area contributed by atoms with Crippen molar-refractivity contribution in [3.63, 3.8) is 0 Å². The van der Waals surface area contributed by atoms with Gasteiger partial charge in [0, 0.05) is 19.0 Å². The monoisotopic (exact) mass is 308 g/mol. The van der Waals surface area contributed by atoms with Gasteiger partial charge in [-0.25, -0.2) is 0 Å². The molecule has 7 nitrogen and oxygen atoms in total. The van der Waals surface area contributed by atoms with Crippen molar-refractivity contribution in [2.24, 2.45) is 5.73 Å². The molecule has 122 valence electrons. The van der Waals surface area contributed by atoms with Crippen molar-refractivity contribution in [3.8, 4) is 0 Å². The fraction of sp³-hybridized carbons (Fsp3) is 0.800. The van der Waals surface area contributed by atoms with E-state index in [9.17, 15) is 4.79 Å². The van der Waals surface area contributed by atoms with Crippen LogP contribution in [0, 0.1) is 0 Å². The zero-order chi connectivity index (χ0) is 15.7. The Hall–Kier alpha value is -1.47. The molecule has 1 unspecified atom stereocenters. The summed E-state index contributed by atoms with van der Waals surface area (Å²) in [6.07, 6.45) is 3.06. The van der Waals surface area contributed by atoms with Crippen LogP contribution in [-0.2, 0) is 9.53 Å². The molecule has 2 aliphatic rings. The third-order valence-corrected chi connectivity index (χ3v) is 4.43. The summed E-state index contributed by atoms with van der Waals surface area (Å²) >= 11 is 0. The Morgan fingerprint density at radius 3 is 2.86 bits per heavy atom. The number of rotatable bonds is 4. The van der Waals surface area contributed by atoms with Crippen LogP contribution in [0.15, 0.2) is 4.52 Å². The van der Waals surface area contributed by atoms with E-state index in [2.05, 4.69) is 10.1 Å². The van der Waals surface area contributed by atoms with Gasteiger partial charge in [0.15, 0.2) is 5.82 Å². The minimum Gasteiger partial charge on any atom is -0.364 e. The highest BCUT2D eigenvalue weighted by Crippen LogP contribution is 2.33. The normalized spacial score (nSPS) is 28.7. The number of aromatic nitrogens is 2. The number of likely N-dealkylation sites (tertiary alicyclic amines) is 1. The van der Waals surface area contributed by atoms with E-state index in [1.54, 1.807) is 0 Å². The first-order valence-corrected chi connectivity index (χ1v) is 8.09. The lowest BCUT2D eigenvalue weighted by Crippen LogP contribution is -2.39. The molecule has 2 aliphatic heterocycles. The summed E-state index contributed by atoms with van der Waals surface area (Å²) in [6, 6.07) is -0.0933. The topological polar surface area (TPSA) is 94.5 Å². The maximum atomic E-state index is 12.7. The molecule has 0 aliphatic carbocycles. The van der Waals surface area contributed by atoms with E-state index in [0.717, 1.165) is 32.2 Å². The van der Waals surface area contributed by atoms with E-state index in [0.29, 0.717) is 18.3 Å². The highest BCUT2D eigenvalue weighted by molar-refractivity contribution is 5.81. The van der Waals surface area contributed by atoms with Gasteiger partial charge in [-0.05, 0) is 25.7 Å². The molecule has 3 heterocycles. The standard InChI is InChI=1S/C15H24N4O3/c1-9(2)14-17-13(18-22-14)11-4-3-7-19(11)15(20)12-6-5-10(8-16)21-12/h9-12H,3-8,16H2,1-2H3/t10-,11?,12+/m1/s1. The molecule has 1 amide bonds. The first-order valence-electron chi connectivity index (χ1n) is 8.09. The molecule has 3 rings (SSSR count). The number of carbonyl (C=O) groups excluding carboxylic acids is 1. The van der Waals surface area contributed by atoms with Crippen LogP contribution >= 0.6 is 0 Å². The lowest BCUT2D eigenvalue weighted by molar-refractivity contribution is -0.143. The fourth-order valence-electron chi connectivity index (χ4n) is 3.16. The summed E-state index contributed by atoms with van der Waals surface area (Å²) < 4.78 is 11.0. The minimum atomic E-state index is -0.370. The second kappa shape index (κ2) is 6.34. The Morgan fingerprint density at radius 2 is 2.23 bits per heavy atom. The molecule has 7 heteroatoms. The highest BCUT2D eigenvalue weighted by atomic mass is 16.5. The van der Waals surface area contributed by atoms with Crippen molar-refractivity contribution in [2.45, 2.75) is 63.7 Å². The number of hydrogen-bond donors (Lipinski definition) is 1. The zero-order valence-electron chi connectivity index (χ0n) is 13.2. The summed E-state index contributed by atoms with van der Waals surface area (Å²) in [6.45, 7) is 5.21. The predicted octanol–water partition coefficient (Wildman–Crippen LogP) is 1.36. The van der Waals surface area contributed by atoms with Crippen LogP contribution < -0.4 is 5.73 Å². The molecule has 0 bridgehead atoms. The van der Waals surface area contributed by atoms with Gasteiger partial charge in [0.1, 0.15) is 6.10 Å². The Balaban J connectivity index is 1.71. The lowest BCUT2D eigenvalue weighted by Gasteiger charge is -2.25. The van der Waals surface area contributed by atoms with E-state index in [1.807, 2.05) is 18.7 Å². The van der Waals surface area contributed by atoms with Crippen molar-refractivity contribution >= 4 is 5.91 Å². The van der Waals surface area contributed by atoms with Gasteiger partial charge in [-0.1, -0.05) is 19.0 Å². The van der Waals surface area contributed by atoms with Crippen LogP contribution in [0.2, 0.25) is 0 Å². The molecule has 3 atom stereocenters. The average Bonchev–Trinajstić information content (AvgIpc) is 3.24. The number of hydrogen-bond acceptors (Lipinski definition) is 6. The molecule has 0 saturated carbocycles. The fourth-order valence-corrected chi connectivity index (χ4v) is 3.16. The van der Waals surface area contributed by atoms with Crippen LogP contribution in [0.5, 0.6) is 0 Å². The SMILES string of the molecule is CC(C)c1nc(C2CCCN2C(=O)[C@@H]2CC[C@H](CN)O2)no1. The third kappa shape index (κ3) is 2.87. The number of ether oxygens (including phenoxy) is 1. The second-order valence-electron chi connectivity index (χ2n) is 6.39. The highest BCUT2D eigenvalue weighted by Gasteiger charge is 2.39. The minimum absolute atomic E-state index is 0.00715. The molecule has 1 aromatic rings. The Kier molecular flexibility index (Phi) is 4.44. The van der Waals surface area contributed by atoms with Gasteiger partial charge < -0.3 is 19.9 Å². The van der Waals surface area contributed by atoms with Gasteiger partial charge in [-0.15, -0.1) is 0 Å². The molecule has 0 spiro atoms. The van der Waals surface area contributed by atoms with Crippen molar-refractivity contribution in [1.29, 1.82) is 0 Å². The summed E-state index contributed by atoms with van der Waals surface area (Å²) in [5.74, 6) is 1.46. The van der Waals surface area contributed by atoms with Crippen molar-refractivity contribution in [2.75, 3.05) is 13.1 Å². The van der Waals surface area contributed by atoms with Crippen molar-refractivity contribution < 1.29 is 14.1 Å². The first kappa shape index (κ1) is 15.4. The third-order valence-electron chi connectivity index (χ3n) is 4.43. The average molecular weight is 308 g/mol. The van der Waals surface area contributed by atoms with Gasteiger partial charge in [0.2, 0.25) is 5.89 Å². The maximum Gasteiger partial charge on any atom is 0.252 e. The van der Waals surface area contributed by atoms with Gasteiger partial charge in [0.05, 0.1) is 12.1 Å². The number of carbonyl (C=O) groups is 1. The first-order chi connectivity index (χ1) is 10.6. The molecule has 1 aromatic heterocycles. The molecule has 0 radical (unpaired) electrons. The molecule has 22 heavy (non-hydrogen) atoms. The van der Waals surface area contributed by atoms with E-state index in [-0.39, 0.29) is 30.1 Å². The Bertz CT molecular complexity index is 531. The van der Waals surface area contributed by atoms with Crippen LogP contribution in [0.3, 0.4) is 0 Å². The molecule has 0 aromatic carbocycles. The Labute approximate surface area is 130 Å². The molecule has 2 fully saturated rings. The molecular formula is C15H24N4O3. The zero-order valence-corrected chi connectivity index (χ0v) is 13.2. The quantitative estimate of drug-likeness (QED) is 0.902. The summed E-state index contributed by atoms with van der Waals surface area (Å²) in [5, 5.41) is 4.07. The van der Waals surface area contributed by atoms with E-state index >= 15 is 0 Å². The van der Waals surface area contributed by atoms with Gasteiger partial charge in [0.25, 0.3) is 5.91 Å². The van der Waals surface area contributed by atoms with Crippen LogP contribution in [0.4, 0.5) is 0 Å². The summed E-state index contributed by atoms with van der Waals surface area (Å²) in [4.78, 5) is 19.0. The number of amides is 1. The largest absolute Gasteiger partial charge is 0.364 e. The summed E-state index contributed by atoms with van der Waals surface area (Å²) in [5.41, 5.74) is 5.62. The molecule has 2 N–H and O–H groups in total. The molecular weight excluding hydrogens is 284 g/mol. The maximum absolute atomic E-state index is 12.7. The second-order valence-corrected chi connectivity index (χ2v) is 6.39. The Morgan fingerprint density at radius 1 is 1.41 bits per heavy atom. The van der Waals surface area contributed by atoms with Gasteiger partial charge in [-0.2, -0.15) is 4.98 Å². The van der Waals surface area contributed by atoms with E-state index in [1.165, 1.54) is 0 Å². The summed E-state index contributed by atoms with van der Waals surface area (Å²) in [7, 11) is 0. The lowest BCUT2D eigenvalue weighted by atomic mass is 10.1. The predicted molar refractivity (Wildman–Crippen MR) is 79.0 cm³/mol. The van der Waals surface area contributed by atoms with Crippen molar-refractivity contribution in [3.05, 3.63) is 11.7 Å². The van der Waals surface area contributed by atoms with Crippen LogP contribution in [0.25, 0.3) is 0 Å². The van der Waals surface area contributed by atoms with Crippen LogP contribution in [0.1, 0.15) is 63.2 Å². The van der Waals surface area contributed by atoms with E-state index in [4.69, 9.17) is 15.0 Å². The van der Waals surface area contributed by atoms with Crippen LogP contribution in [-0.4, -0.2) is 46.2 Å². The molecule has 2 saturated heterocycles.